The fourth-order valence-electron chi connectivity index (χ4n) is 2.93. The predicted octanol–water partition coefficient (Wildman–Crippen LogP) is 3.77. The third-order valence-electron chi connectivity index (χ3n) is 3.95. The van der Waals surface area contributed by atoms with Gasteiger partial charge in [-0.25, -0.2) is 0 Å². The first-order chi connectivity index (χ1) is 7.36. The first-order valence-electron chi connectivity index (χ1n) is 6.64. The smallest absolute Gasteiger partial charge is 0.0779 e. The van der Waals surface area contributed by atoms with Crippen molar-refractivity contribution in [3.05, 3.63) is 0 Å². The van der Waals surface area contributed by atoms with Gasteiger partial charge in [0, 0.05) is 13.1 Å². The van der Waals surface area contributed by atoms with E-state index in [0.717, 1.165) is 5.92 Å². The lowest BCUT2D eigenvalue weighted by Crippen LogP contribution is -2.34. The molecule has 1 aliphatic carbocycles. The van der Waals surface area contributed by atoms with E-state index in [4.69, 9.17) is 12.2 Å². The van der Waals surface area contributed by atoms with Crippen LogP contribution in [0.4, 0.5) is 0 Å². The molecule has 0 aromatic carbocycles. The molecule has 0 aromatic heterocycles. The Labute approximate surface area is 99.2 Å². The number of thiocarbonyl (C=S) groups is 1. The Morgan fingerprint density at radius 2 is 1.67 bits per heavy atom. The highest BCUT2D eigenvalue weighted by atomic mass is 32.1. The summed E-state index contributed by atoms with van der Waals surface area (Å²) >= 11 is 5.53. The lowest BCUT2D eigenvalue weighted by molar-refractivity contribution is 0.338. The van der Waals surface area contributed by atoms with Crippen molar-refractivity contribution < 1.29 is 0 Å². The van der Waals surface area contributed by atoms with Crippen LogP contribution >= 0.6 is 12.2 Å². The van der Waals surface area contributed by atoms with E-state index < -0.39 is 0 Å². The van der Waals surface area contributed by atoms with Crippen LogP contribution in [0.1, 0.15) is 57.8 Å². The molecule has 0 spiro atoms. The third kappa shape index (κ3) is 3.44. The Morgan fingerprint density at radius 1 is 1.00 bits per heavy atom. The Hall–Kier alpha value is -0.110. The molecule has 0 atom stereocenters. The molecular formula is C13H23NS. The number of piperidine rings is 1. The van der Waals surface area contributed by atoms with E-state index in [9.17, 15) is 0 Å². The lowest BCUT2D eigenvalue weighted by Gasteiger charge is -2.29. The molecule has 2 aliphatic rings. The highest BCUT2D eigenvalue weighted by Crippen LogP contribution is 2.29. The Bertz CT molecular complexity index is 203. The molecular weight excluding hydrogens is 202 g/mol. The summed E-state index contributed by atoms with van der Waals surface area (Å²) in [6.45, 7) is 2.45. The normalized spacial score (nSPS) is 23.3. The molecule has 0 bridgehead atoms. The molecule has 2 fully saturated rings. The Morgan fingerprint density at radius 3 is 2.33 bits per heavy atom. The minimum Gasteiger partial charge on any atom is -0.366 e. The molecule has 0 amide bonds. The largest absolute Gasteiger partial charge is 0.366 e. The first-order valence-corrected chi connectivity index (χ1v) is 7.05. The quantitative estimate of drug-likeness (QED) is 0.673. The minimum absolute atomic E-state index is 0.993. The van der Waals surface area contributed by atoms with Gasteiger partial charge in [0.15, 0.2) is 0 Å². The average Bonchev–Trinajstić information content (AvgIpc) is 2.80. The van der Waals surface area contributed by atoms with Gasteiger partial charge in [0.25, 0.3) is 0 Å². The van der Waals surface area contributed by atoms with Gasteiger partial charge in [0.2, 0.25) is 0 Å². The number of nitrogens with zero attached hydrogens (tertiary/aromatic N) is 1. The molecule has 2 heteroatoms. The number of hydrogen-bond donors (Lipinski definition) is 0. The van der Waals surface area contributed by atoms with E-state index in [1.54, 1.807) is 0 Å². The topological polar surface area (TPSA) is 3.24 Å². The van der Waals surface area contributed by atoms with Crippen molar-refractivity contribution in [2.75, 3.05) is 13.1 Å². The van der Waals surface area contributed by atoms with Crippen LogP contribution in [-0.4, -0.2) is 23.0 Å². The van der Waals surface area contributed by atoms with Crippen LogP contribution in [0.3, 0.4) is 0 Å². The number of rotatable bonds is 3. The molecule has 1 nitrogen and oxygen atoms in total. The van der Waals surface area contributed by atoms with Crippen molar-refractivity contribution in [1.29, 1.82) is 0 Å². The van der Waals surface area contributed by atoms with Gasteiger partial charge in [-0.05, 0) is 38.0 Å². The van der Waals surface area contributed by atoms with E-state index in [0.29, 0.717) is 0 Å². The van der Waals surface area contributed by atoms with Crippen LogP contribution in [0, 0.1) is 5.92 Å². The summed E-state index contributed by atoms with van der Waals surface area (Å²) in [5.74, 6) is 0.993. The molecule has 1 aliphatic heterocycles. The van der Waals surface area contributed by atoms with Crippen molar-refractivity contribution in [2.45, 2.75) is 57.8 Å². The number of likely N-dealkylation sites (tertiary alicyclic amines) is 1. The maximum atomic E-state index is 5.53. The fourth-order valence-corrected chi connectivity index (χ4v) is 3.23. The molecule has 86 valence electrons. The zero-order chi connectivity index (χ0) is 10.5. The van der Waals surface area contributed by atoms with E-state index in [1.165, 1.54) is 75.9 Å². The molecule has 0 radical (unpaired) electrons. The Balaban J connectivity index is 1.66. The minimum atomic E-state index is 0.993. The van der Waals surface area contributed by atoms with Crippen LogP contribution in [0.2, 0.25) is 0 Å². The predicted molar refractivity (Wildman–Crippen MR) is 69.2 cm³/mol. The maximum absolute atomic E-state index is 5.53. The summed E-state index contributed by atoms with van der Waals surface area (Å²) in [7, 11) is 0. The van der Waals surface area contributed by atoms with E-state index >= 15 is 0 Å². The second-order valence-corrected chi connectivity index (χ2v) is 5.60. The van der Waals surface area contributed by atoms with E-state index in [1.807, 2.05) is 0 Å². The first kappa shape index (κ1) is 11.4. The van der Waals surface area contributed by atoms with Gasteiger partial charge in [0.05, 0.1) is 4.99 Å². The SMILES string of the molecule is S=C(CCC1CCCC1)N1CCCCC1. The van der Waals surface area contributed by atoms with Gasteiger partial charge in [-0.2, -0.15) is 0 Å². The molecule has 0 N–H and O–H groups in total. The third-order valence-corrected chi connectivity index (χ3v) is 4.41. The second kappa shape index (κ2) is 5.83. The molecule has 0 unspecified atom stereocenters. The highest BCUT2D eigenvalue weighted by Gasteiger charge is 2.18. The van der Waals surface area contributed by atoms with Gasteiger partial charge >= 0.3 is 0 Å². The summed E-state index contributed by atoms with van der Waals surface area (Å²) in [6, 6.07) is 0. The molecule has 0 aromatic rings. The monoisotopic (exact) mass is 225 g/mol. The maximum Gasteiger partial charge on any atom is 0.0779 e. The Kier molecular flexibility index (Phi) is 4.42. The zero-order valence-corrected chi connectivity index (χ0v) is 10.5. The van der Waals surface area contributed by atoms with Gasteiger partial charge in [-0.1, -0.05) is 37.9 Å². The van der Waals surface area contributed by atoms with Gasteiger partial charge in [0.1, 0.15) is 0 Å². The standard InChI is InChI=1S/C13H23NS/c15-13(14-10-4-1-5-11-14)9-8-12-6-2-3-7-12/h12H,1-11H2. The zero-order valence-electron chi connectivity index (χ0n) is 9.71. The van der Waals surface area contributed by atoms with E-state index in [2.05, 4.69) is 4.90 Å². The van der Waals surface area contributed by atoms with Crippen LogP contribution in [0.15, 0.2) is 0 Å². The molecule has 1 heterocycles. The molecule has 15 heavy (non-hydrogen) atoms. The molecule has 1 saturated carbocycles. The lowest BCUT2D eigenvalue weighted by atomic mass is 10.0. The summed E-state index contributed by atoms with van der Waals surface area (Å²) in [5.41, 5.74) is 0. The van der Waals surface area contributed by atoms with Crippen molar-refractivity contribution in [2.24, 2.45) is 5.92 Å². The van der Waals surface area contributed by atoms with E-state index in [-0.39, 0.29) is 0 Å². The summed E-state index contributed by atoms with van der Waals surface area (Å²) < 4.78 is 0. The van der Waals surface area contributed by atoms with Crippen LogP contribution < -0.4 is 0 Å². The number of hydrogen-bond acceptors (Lipinski definition) is 1. The van der Waals surface area contributed by atoms with Gasteiger partial charge in [-0.15, -0.1) is 0 Å². The highest BCUT2D eigenvalue weighted by molar-refractivity contribution is 7.80. The van der Waals surface area contributed by atoms with Crippen molar-refractivity contribution >= 4 is 17.2 Å². The van der Waals surface area contributed by atoms with Crippen LogP contribution in [-0.2, 0) is 0 Å². The molecule has 2 rings (SSSR count). The summed E-state index contributed by atoms with van der Waals surface area (Å²) in [4.78, 5) is 3.70. The second-order valence-electron chi connectivity index (χ2n) is 5.13. The van der Waals surface area contributed by atoms with Crippen molar-refractivity contribution in [3.63, 3.8) is 0 Å². The van der Waals surface area contributed by atoms with Crippen LogP contribution in [0.25, 0.3) is 0 Å². The summed E-state index contributed by atoms with van der Waals surface area (Å²) in [5, 5.41) is 0. The van der Waals surface area contributed by atoms with Gasteiger partial charge < -0.3 is 4.90 Å². The van der Waals surface area contributed by atoms with Crippen molar-refractivity contribution in [1.82, 2.24) is 4.90 Å². The summed E-state index contributed by atoms with van der Waals surface area (Å²) in [6.07, 6.45) is 12.5. The average molecular weight is 225 g/mol. The fraction of sp³-hybridized carbons (Fsp3) is 0.923. The van der Waals surface area contributed by atoms with Gasteiger partial charge in [-0.3, -0.25) is 0 Å². The van der Waals surface area contributed by atoms with Crippen LogP contribution in [0.5, 0.6) is 0 Å². The molecule has 1 saturated heterocycles. The van der Waals surface area contributed by atoms with Crippen molar-refractivity contribution in [3.8, 4) is 0 Å².